The Morgan fingerprint density at radius 2 is 2.04 bits per heavy atom. The van der Waals surface area contributed by atoms with E-state index in [1.807, 2.05) is 37.5 Å². The molecule has 1 amide bonds. The second kappa shape index (κ2) is 7.41. The van der Waals surface area contributed by atoms with Gasteiger partial charge in [0.25, 0.3) is 0 Å². The van der Waals surface area contributed by atoms with Crippen molar-refractivity contribution in [3.8, 4) is 0 Å². The molecule has 0 aliphatic rings. The first kappa shape index (κ1) is 18.3. The zero-order valence-corrected chi connectivity index (χ0v) is 15.6. The lowest BCUT2D eigenvalue weighted by Gasteiger charge is -2.18. The summed E-state index contributed by atoms with van der Waals surface area (Å²) in [6.07, 6.45) is 1.59. The van der Waals surface area contributed by atoms with E-state index < -0.39 is 5.82 Å². The van der Waals surface area contributed by atoms with Crippen molar-refractivity contribution in [3.05, 3.63) is 58.8 Å². The number of carbonyl (C=O) groups is 1. The van der Waals surface area contributed by atoms with Crippen molar-refractivity contribution in [1.82, 2.24) is 19.9 Å². The second-order valence-electron chi connectivity index (χ2n) is 6.45. The molecule has 2 aromatic heterocycles. The Labute approximate surface area is 156 Å². The first-order valence-electron chi connectivity index (χ1n) is 8.43. The standard InChI is InChI=1S/C19H20ClFN4O/c1-11(2)25-18(24-16-8-5-9-22-19(16)25)12(3)23-17(26)10-13-14(20)6-4-7-15(13)21/h4-9,11-12H,10H2,1-3H3,(H,23,26)/t12-/m0/s1. The van der Waals surface area contributed by atoms with Crippen LogP contribution in [0.25, 0.3) is 11.2 Å². The highest BCUT2D eigenvalue weighted by Gasteiger charge is 2.21. The maximum Gasteiger partial charge on any atom is 0.225 e. The van der Waals surface area contributed by atoms with Gasteiger partial charge in [0, 0.05) is 22.8 Å². The summed E-state index contributed by atoms with van der Waals surface area (Å²) in [6.45, 7) is 5.92. The molecule has 5 nitrogen and oxygen atoms in total. The van der Waals surface area contributed by atoms with E-state index in [4.69, 9.17) is 11.6 Å². The minimum atomic E-state index is -0.487. The minimum Gasteiger partial charge on any atom is -0.346 e. The molecule has 1 atom stereocenters. The van der Waals surface area contributed by atoms with Gasteiger partial charge in [0.1, 0.15) is 17.2 Å². The average molecular weight is 375 g/mol. The number of fused-ring (bicyclic) bond motifs is 1. The number of nitrogens with zero attached hydrogens (tertiary/aromatic N) is 3. The lowest BCUT2D eigenvalue weighted by Crippen LogP contribution is -2.30. The van der Waals surface area contributed by atoms with Gasteiger partial charge in [-0.25, -0.2) is 14.4 Å². The Hall–Kier alpha value is -2.47. The van der Waals surface area contributed by atoms with E-state index >= 15 is 0 Å². The van der Waals surface area contributed by atoms with Crippen LogP contribution in [0.5, 0.6) is 0 Å². The minimum absolute atomic E-state index is 0.129. The van der Waals surface area contributed by atoms with Crippen LogP contribution >= 0.6 is 11.6 Å². The molecule has 0 spiro atoms. The molecular formula is C19H20ClFN4O. The molecule has 0 radical (unpaired) electrons. The molecule has 0 unspecified atom stereocenters. The van der Waals surface area contributed by atoms with Crippen LogP contribution in [-0.2, 0) is 11.2 Å². The van der Waals surface area contributed by atoms with Gasteiger partial charge in [0.2, 0.25) is 5.91 Å². The predicted molar refractivity (Wildman–Crippen MR) is 99.6 cm³/mol. The summed E-state index contributed by atoms with van der Waals surface area (Å²) in [5.41, 5.74) is 1.74. The quantitative estimate of drug-likeness (QED) is 0.727. The van der Waals surface area contributed by atoms with Gasteiger partial charge in [-0.3, -0.25) is 4.79 Å². The summed E-state index contributed by atoms with van der Waals surface area (Å²) in [6, 6.07) is 7.86. The summed E-state index contributed by atoms with van der Waals surface area (Å²) in [5.74, 6) is -0.0968. The lowest BCUT2D eigenvalue weighted by molar-refractivity contribution is -0.121. The van der Waals surface area contributed by atoms with E-state index in [1.165, 1.54) is 12.1 Å². The van der Waals surface area contributed by atoms with E-state index in [0.29, 0.717) is 5.82 Å². The van der Waals surface area contributed by atoms with E-state index in [2.05, 4.69) is 15.3 Å². The Kier molecular flexibility index (Phi) is 5.23. The van der Waals surface area contributed by atoms with Gasteiger partial charge in [-0.1, -0.05) is 17.7 Å². The number of nitrogens with one attached hydrogen (secondary N) is 1. The lowest BCUT2D eigenvalue weighted by atomic mass is 10.1. The Morgan fingerprint density at radius 3 is 2.73 bits per heavy atom. The van der Waals surface area contributed by atoms with Crippen LogP contribution in [0, 0.1) is 5.82 Å². The third-order valence-electron chi connectivity index (χ3n) is 4.16. The van der Waals surface area contributed by atoms with E-state index in [0.717, 1.165) is 11.2 Å². The Morgan fingerprint density at radius 1 is 1.27 bits per heavy atom. The Balaban J connectivity index is 1.84. The highest BCUT2D eigenvalue weighted by Crippen LogP contribution is 2.24. The van der Waals surface area contributed by atoms with Crippen LogP contribution in [0.2, 0.25) is 5.02 Å². The smallest absolute Gasteiger partial charge is 0.225 e. The van der Waals surface area contributed by atoms with Gasteiger partial charge in [-0.05, 0) is 45.0 Å². The average Bonchev–Trinajstić information content (AvgIpc) is 2.98. The maximum absolute atomic E-state index is 13.9. The molecule has 3 aromatic rings. The van der Waals surface area contributed by atoms with Gasteiger partial charge in [0.05, 0.1) is 12.5 Å². The second-order valence-corrected chi connectivity index (χ2v) is 6.85. The summed E-state index contributed by atoms with van der Waals surface area (Å²) in [5, 5.41) is 3.12. The van der Waals surface area contributed by atoms with Crippen LogP contribution in [0.3, 0.4) is 0 Å². The number of amides is 1. The maximum atomic E-state index is 13.9. The number of pyridine rings is 1. The number of rotatable bonds is 5. The van der Waals surface area contributed by atoms with E-state index in [1.54, 1.807) is 12.3 Å². The zero-order valence-electron chi connectivity index (χ0n) is 14.8. The summed E-state index contributed by atoms with van der Waals surface area (Å²) in [4.78, 5) is 21.4. The van der Waals surface area contributed by atoms with Crippen molar-refractivity contribution in [2.75, 3.05) is 0 Å². The predicted octanol–water partition coefficient (Wildman–Crippen LogP) is 4.22. The first-order valence-corrected chi connectivity index (χ1v) is 8.81. The van der Waals surface area contributed by atoms with E-state index in [9.17, 15) is 9.18 Å². The first-order chi connectivity index (χ1) is 12.4. The van der Waals surface area contributed by atoms with Crippen LogP contribution in [0.4, 0.5) is 4.39 Å². The molecule has 0 fully saturated rings. The fourth-order valence-corrected chi connectivity index (χ4v) is 3.21. The van der Waals surface area contributed by atoms with Gasteiger partial charge in [0.15, 0.2) is 5.65 Å². The highest BCUT2D eigenvalue weighted by molar-refractivity contribution is 6.31. The SMILES string of the molecule is CC(C)n1c([C@H](C)NC(=O)Cc2c(F)cccc2Cl)nc2cccnc21. The highest BCUT2D eigenvalue weighted by atomic mass is 35.5. The molecule has 136 valence electrons. The molecule has 0 saturated carbocycles. The molecule has 0 aliphatic heterocycles. The molecule has 3 rings (SSSR count). The largest absolute Gasteiger partial charge is 0.346 e. The van der Waals surface area contributed by atoms with Gasteiger partial charge in [-0.2, -0.15) is 0 Å². The molecule has 0 saturated heterocycles. The van der Waals surface area contributed by atoms with Crippen molar-refractivity contribution in [2.45, 2.75) is 39.3 Å². The van der Waals surface area contributed by atoms with Crippen LogP contribution in [0.1, 0.15) is 44.2 Å². The van der Waals surface area contributed by atoms with E-state index in [-0.39, 0.29) is 35.0 Å². The number of carbonyl (C=O) groups excluding carboxylic acids is 1. The van der Waals surface area contributed by atoms with Gasteiger partial charge >= 0.3 is 0 Å². The number of hydrogen-bond acceptors (Lipinski definition) is 3. The Bertz CT molecular complexity index is 934. The normalized spacial score (nSPS) is 12.5. The molecule has 26 heavy (non-hydrogen) atoms. The topological polar surface area (TPSA) is 59.8 Å². The van der Waals surface area contributed by atoms with Gasteiger partial charge < -0.3 is 9.88 Å². The number of benzene rings is 1. The molecule has 2 heterocycles. The number of hydrogen-bond donors (Lipinski definition) is 1. The molecule has 7 heteroatoms. The number of aromatic nitrogens is 3. The fraction of sp³-hybridized carbons (Fsp3) is 0.316. The zero-order chi connectivity index (χ0) is 18.8. The van der Waals surface area contributed by atoms with Crippen LogP contribution in [0.15, 0.2) is 36.5 Å². The summed E-state index contributed by atoms with van der Waals surface area (Å²) < 4.78 is 15.9. The number of imidazole rings is 1. The molecule has 1 N–H and O–H groups in total. The fourth-order valence-electron chi connectivity index (χ4n) is 2.98. The van der Waals surface area contributed by atoms with Crippen molar-refractivity contribution in [2.24, 2.45) is 0 Å². The van der Waals surface area contributed by atoms with Gasteiger partial charge in [-0.15, -0.1) is 0 Å². The van der Waals surface area contributed by atoms with Crippen LogP contribution < -0.4 is 5.32 Å². The summed E-state index contributed by atoms with van der Waals surface area (Å²) in [7, 11) is 0. The molecular weight excluding hydrogens is 355 g/mol. The van der Waals surface area contributed by atoms with Crippen molar-refractivity contribution in [3.63, 3.8) is 0 Å². The van der Waals surface area contributed by atoms with Crippen molar-refractivity contribution >= 4 is 28.7 Å². The summed E-state index contributed by atoms with van der Waals surface area (Å²) >= 11 is 6.00. The molecule has 0 bridgehead atoms. The monoisotopic (exact) mass is 374 g/mol. The van der Waals surface area contributed by atoms with Crippen molar-refractivity contribution < 1.29 is 9.18 Å². The van der Waals surface area contributed by atoms with Crippen LogP contribution in [-0.4, -0.2) is 20.4 Å². The third-order valence-corrected chi connectivity index (χ3v) is 4.51. The molecule has 1 aromatic carbocycles. The number of halogens is 2. The van der Waals surface area contributed by atoms with Crippen molar-refractivity contribution in [1.29, 1.82) is 0 Å². The third kappa shape index (κ3) is 3.55. The molecule has 0 aliphatic carbocycles.